The molecule has 1 saturated carbocycles. The molecule has 2 rings (SSSR count). The van der Waals surface area contributed by atoms with Crippen LogP contribution in [0.15, 0.2) is 18.2 Å². The number of carbonyl (C=O) groups excluding carboxylic acids is 1. The van der Waals surface area contributed by atoms with E-state index in [4.69, 9.17) is 5.73 Å². The van der Waals surface area contributed by atoms with E-state index in [2.05, 4.69) is 0 Å². The van der Waals surface area contributed by atoms with Gasteiger partial charge in [-0.15, -0.1) is 0 Å². The van der Waals surface area contributed by atoms with Crippen LogP contribution in [0.3, 0.4) is 0 Å². The monoisotopic (exact) mass is 264 g/mol. The summed E-state index contributed by atoms with van der Waals surface area (Å²) in [6.07, 6.45) is 3.79. The molecule has 0 bridgehead atoms. The predicted molar refractivity (Wildman–Crippen MR) is 72.1 cm³/mol. The number of carbonyl (C=O) groups is 1. The third kappa shape index (κ3) is 2.81. The zero-order valence-electron chi connectivity index (χ0n) is 10.9. The highest BCUT2D eigenvalue weighted by Crippen LogP contribution is 2.32. The summed E-state index contributed by atoms with van der Waals surface area (Å²) in [5, 5.41) is 19.6. The number of nitrogens with zero attached hydrogens (tertiary/aromatic N) is 1. The maximum absolute atomic E-state index is 12.5. The Morgan fingerprint density at radius 3 is 2.42 bits per heavy atom. The number of rotatable bonds is 5. The lowest BCUT2D eigenvalue weighted by atomic mass is 9.90. The molecule has 1 aromatic carbocycles. The van der Waals surface area contributed by atoms with E-state index >= 15 is 0 Å². The van der Waals surface area contributed by atoms with Crippen molar-refractivity contribution in [2.24, 2.45) is 5.73 Å². The quantitative estimate of drug-likeness (QED) is 0.751. The third-order valence-electron chi connectivity index (χ3n) is 3.61. The average Bonchev–Trinajstić information content (AvgIpc) is 2.31. The molecule has 5 nitrogen and oxygen atoms in total. The minimum absolute atomic E-state index is 0.00794. The Labute approximate surface area is 112 Å². The molecule has 104 valence electrons. The van der Waals surface area contributed by atoms with Gasteiger partial charge < -0.3 is 20.8 Å². The van der Waals surface area contributed by atoms with Crippen LogP contribution in [0.5, 0.6) is 11.5 Å². The molecule has 4 N–H and O–H groups in total. The average molecular weight is 264 g/mol. The fourth-order valence-corrected chi connectivity index (χ4v) is 2.30. The van der Waals surface area contributed by atoms with Crippen LogP contribution in [-0.4, -0.2) is 40.2 Å². The van der Waals surface area contributed by atoms with Gasteiger partial charge in [-0.05, 0) is 44.4 Å². The van der Waals surface area contributed by atoms with Crippen LogP contribution in [0, 0.1) is 0 Å². The van der Waals surface area contributed by atoms with Crippen LogP contribution < -0.4 is 5.73 Å². The molecule has 0 unspecified atom stereocenters. The minimum Gasteiger partial charge on any atom is -0.507 e. The van der Waals surface area contributed by atoms with Crippen LogP contribution in [0.4, 0.5) is 0 Å². The molecule has 0 heterocycles. The Hall–Kier alpha value is -1.75. The van der Waals surface area contributed by atoms with Crippen molar-refractivity contribution in [2.75, 3.05) is 13.1 Å². The number of nitrogens with two attached hydrogens (primary N) is 1. The summed E-state index contributed by atoms with van der Waals surface area (Å²) in [5.41, 5.74) is 5.49. The first-order valence-corrected chi connectivity index (χ1v) is 6.67. The summed E-state index contributed by atoms with van der Waals surface area (Å²) in [5.74, 6) is -0.669. The topological polar surface area (TPSA) is 86.8 Å². The van der Waals surface area contributed by atoms with Crippen LogP contribution in [-0.2, 0) is 0 Å². The number of hydrogen-bond acceptors (Lipinski definition) is 4. The number of aromatic hydroxyl groups is 2. The molecule has 5 heteroatoms. The van der Waals surface area contributed by atoms with E-state index in [1.54, 1.807) is 4.90 Å². The van der Waals surface area contributed by atoms with Gasteiger partial charge in [-0.3, -0.25) is 4.79 Å². The van der Waals surface area contributed by atoms with Crippen molar-refractivity contribution in [3.05, 3.63) is 23.8 Å². The first-order valence-electron chi connectivity index (χ1n) is 6.67. The van der Waals surface area contributed by atoms with E-state index in [1.165, 1.54) is 18.2 Å². The second kappa shape index (κ2) is 5.93. The lowest BCUT2D eigenvalue weighted by Crippen LogP contribution is -2.45. The van der Waals surface area contributed by atoms with E-state index < -0.39 is 0 Å². The summed E-state index contributed by atoms with van der Waals surface area (Å²) in [6.45, 7) is 1.08. The van der Waals surface area contributed by atoms with Crippen LogP contribution in [0.2, 0.25) is 0 Å². The highest BCUT2D eigenvalue weighted by atomic mass is 16.3. The molecule has 1 amide bonds. The summed E-state index contributed by atoms with van der Waals surface area (Å²) in [7, 11) is 0. The summed E-state index contributed by atoms with van der Waals surface area (Å²) in [6, 6.07) is 4.54. The van der Waals surface area contributed by atoms with Gasteiger partial charge in [0.25, 0.3) is 5.91 Å². The predicted octanol–water partition coefficient (Wildman–Crippen LogP) is 1.44. The molecular weight excluding hydrogens is 244 g/mol. The van der Waals surface area contributed by atoms with Gasteiger partial charge in [0.1, 0.15) is 17.1 Å². The molecule has 1 fully saturated rings. The van der Waals surface area contributed by atoms with Gasteiger partial charge in [-0.1, -0.05) is 6.07 Å². The second-order valence-electron chi connectivity index (χ2n) is 4.90. The standard InChI is InChI=1S/C14H20N2O3/c15-8-3-9-16(10-4-1-5-10)14(19)13-11(17)6-2-7-12(13)18/h2,6-7,10,17-18H,1,3-5,8-9,15H2. The molecule has 0 spiro atoms. The van der Waals surface area contributed by atoms with Gasteiger partial charge >= 0.3 is 0 Å². The van der Waals surface area contributed by atoms with Gasteiger partial charge in [-0.2, -0.15) is 0 Å². The molecular formula is C14H20N2O3. The third-order valence-corrected chi connectivity index (χ3v) is 3.61. The molecule has 0 aliphatic heterocycles. The van der Waals surface area contributed by atoms with Crippen molar-refractivity contribution in [3.63, 3.8) is 0 Å². The molecule has 0 saturated heterocycles. The minimum atomic E-state index is -0.311. The lowest BCUT2D eigenvalue weighted by Gasteiger charge is -2.37. The van der Waals surface area contributed by atoms with Crippen molar-refractivity contribution in [1.29, 1.82) is 0 Å². The first kappa shape index (κ1) is 13.7. The number of benzene rings is 1. The van der Waals surface area contributed by atoms with Gasteiger partial charge in [0.05, 0.1) is 0 Å². The fourth-order valence-electron chi connectivity index (χ4n) is 2.30. The molecule has 1 aliphatic rings. The Morgan fingerprint density at radius 1 is 1.32 bits per heavy atom. The molecule has 1 aromatic rings. The lowest BCUT2D eigenvalue weighted by molar-refractivity contribution is 0.0572. The molecule has 1 aliphatic carbocycles. The summed E-state index contributed by atoms with van der Waals surface area (Å²) in [4.78, 5) is 14.2. The van der Waals surface area contributed by atoms with Crippen molar-refractivity contribution in [3.8, 4) is 11.5 Å². The fraction of sp³-hybridized carbons (Fsp3) is 0.500. The van der Waals surface area contributed by atoms with E-state index in [9.17, 15) is 15.0 Å². The summed E-state index contributed by atoms with van der Waals surface area (Å²) < 4.78 is 0. The highest BCUT2D eigenvalue weighted by molar-refractivity contribution is 5.99. The number of phenolic OH excluding ortho intramolecular Hbond substituents is 2. The largest absolute Gasteiger partial charge is 0.507 e. The smallest absolute Gasteiger partial charge is 0.261 e. The Balaban J connectivity index is 2.22. The van der Waals surface area contributed by atoms with E-state index in [1.807, 2.05) is 0 Å². The number of amides is 1. The molecule has 19 heavy (non-hydrogen) atoms. The molecule has 0 aromatic heterocycles. The normalized spacial score (nSPS) is 15.0. The van der Waals surface area contributed by atoms with Gasteiger partial charge in [0.2, 0.25) is 0 Å². The Bertz CT molecular complexity index is 438. The van der Waals surface area contributed by atoms with Gasteiger partial charge in [-0.25, -0.2) is 0 Å². The van der Waals surface area contributed by atoms with Crippen molar-refractivity contribution in [1.82, 2.24) is 4.90 Å². The van der Waals surface area contributed by atoms with Gasteiger partial charge in [0.15, 0.2) is 0 Å². The van der Waals surface area contributed by atoms with E-state index in [-0.39, 0.29) is 29.0 Å². The Kier molecular flexibility index (Phi) is 4.27. The van der Waals surface area contributed by atoms with Crippen molar-refractivity contribution in [2.45, 2.75) is 31.7 Å². The number of phenols is 2. The maximum atomic E-state index is 12.5. The maximum Gasteiger partial charge on any atom is 0.261 e. The van der Waals surface area contributed by atoms with Crippen molar-refractivity contribution >= 4 is 5.91 Å². The molecule has 0 atom stereocenters. The second-order valence-corrected chi connectivity index (χ2v) is 4.90. The first-order chi connectivity index (χ1) is 9.15. The number of hydrogen-bond donors (Lipinski definition) is 3. The van der Waals surface area contributed by atoms with E-state index in [0.717, 1.165) is 25.7 Å². The molecule has 0 radical (unpaired) electrons. The van der Waals surface area contributed by atoms with Crippen LogP contribution in [0.25, 0.3) is 0 Å². The highest BCUT2D eigenvalue weighted by Gasteiger charge is 2.31. The SMILES string of the molecule is NCCCN(C(=O)c1c(O)cccc1O)C1CCC1. The zero-order chi connectivity index (χ0) is 13.8. The van der Waals surface area contributed by atoms with Crippen LogP contribution >= 0.6 is 0 Å². The zero-order valence-corrected chi connectivity index (χ0v) is 10.9. The van der Waals surface area contributed by atoms with Gasteiger partial charge in [0, 0.05) is 12.6 Å². The van der Waals surface area contributed by atoms with Crippen molar-refractivity contribution < 1.29 is 15.0 Å². The Morgan fingerprint density at radius 2 is 1.95 bits per heavy atom. The van der Waals surface area contributed by atoms with E-state index in [0.29, 0.717) is 13.1 Å². The van der Waals surface area contributed by atoms with Crippen LogP contribution in [0.1, 0.15) is 36.0 Å². The summed E-state index contributed by atoms with van der Waals surface area (Å²) >= 11 is 0.